The molecule has 0 aliphatic carbocycles. The molecule has 0 saturated heterocycles. The first-order valence-electron chi connectivity index (χ1n) is 5.67. The minimum absolute atomic E-state index is 0.0253. The number of nitrogens with one attached hydrogen (secondary N) is 1. The number of carbonyl (C=O) groups is 1. The molecule has 20 heavy (non-hydrogen) atoms. The van der Waals surface area contributed by atoms with Gasteiger partial charge < -0.3 is 5.11 Å². The SMILES string of the molecule is CCS(=O)(=O)CCNS(=O)(=O)c1ccc(CC(=O)O)s1. The second-order valence-corrected chi connectivity index (χ2v) is 9.56. The van der Waals surface area contributed by atoms with Gasteiger partial charge in [0, 0.05) is 17.2 Å². The minimum atomic E-state index is -3.79. The van der Waals surface area contributed by atoms with E-state index in [2.05, 4.69) is 4.72 Å². The zero-order valence-electron chi connectivity index (χ0n) is 10.7. The summed E-state index contributed by atoms with van der Waals surface area (Å²) in [6.07, 6.45) is -0.246. The Balaban J connectivity index is 2.69. The van der Waals surface area contributed by atoms with Crippen LogP contribution in [-0.2, 0) is 31.1 Å². The molecule has 0 aromatic carbocycles. The molecular weight excluding hydrogens is 326 g/mol. The number of sulfone groups is 1. The highest BCUT2D eigenvalue weighted by Gasteiger charge is 2.18. The van der Waals surface area contributed by atoms with Gasteiger partial charge >= 0.3 is 5.97 Å². The number of carboxylic acid groups (broad SMARTS) is 1. The van der Waals surface area contributed by atoms with E-state index in [4.69, 9.17) is 5.11 Å². The van der Waals surface area contributed by atoms with Gasteiger partial charge in [-0.05, 0) is 12.1 Å². The van der Waals surface area contributed by atoms with Crippen LogP contribution in [0.2, 0.25) is 0 Å². The van der Waals surface area contributed by atoms with E-state index in [1.807, 2.05) is 0 Å². The van der Waals surface area contributed by atoms with Crippen LogP contribution in [0.15, 0.2) is 16.3 Å². The number of hydrogen-bond donors (Lipinski definition) is 2. The molecule has 1 heterocycles. The molecule has 2 N–H and O–H groups in total. The van der Waals surface area contributed by atoms with Crippen molar-refractivity contribution in [2.75, 3.05) is 18.1 Å². The topological polar surface area (TPSA) is 118 Å². The van der Waals surface area contributed by atoms with Crippen LogP contribution >= 0.6 is 11.3 Å². The van der Waals surface area contributed by atoms with Gasteiger partial charge in [0.15, 0.2) is 9.84 Å². The molecule has 114 valence electrons. The summed E-state index contributed by atoms with van der Waals surface area (Å²) < 4.78 is 48.4. The van der Waals surface area contributed by atoms with Crippen molar-refractivity contribution in [1.82, 2.24) is 4.72 Å². The molecule has 0 unspecified atom stereocenters. The van der Waals surface area contributed by atoms with Crippen LogP contribution in [0, 0.1) is 0 Å². The molecule has 0 amide bonds. The van der Waals surface area contributed by atoms with Crippen molar-refractivity contribution in [2.45, 2.75) is 17.6 Å². The van der Waals surface area contributed by atoms with Gasteiger partial charge in [-0.25, -0.2) is 21.6 Å². The van der Waals surface area contributed by atoms with E-state index in [1.165, 1.54) is 19.1 Å². The molecule has 7 nitrogen and oxygen atoms in total. The number of rotatable bonds is 8. The van der Waals surface area contributed by atoms with Crippen LogP contribution in [0.25, 0.3) is 0 Å². The Morgan fingerprint density at radius 2 is 1.95 bits per heavy atom. The van der Waals surface area contributed by atoms with E-state index >= 15 is 0 Å². The molecule has 10 heteroatoms. The van der Waals surface area contributed by atoms with Crippen molar-refractivity contribution in [2.24, 2.45) is 0 Å². The molecule has 0 bridgehead atoms. The minimum Gasteiger partial charge on any atom is -0.481 e. The van der Waals surface area contributed by atoms with E-state index in [-0.39, 0.29) is 28.7 Å². The average molecular weight is 341 g/mol. The molecule has 0 saturated carbocycles. The Hall–Kier alpha value is -0.970. The molecule has 0 spiro atoms. The third-order valence-corrected chi connectivity index (χ3v) is 7.12. The smallest absolute Gasteiger partial charge is 0.308 e. The summed E-state index contributed by atoms with van der Waals surface area (Å²) in [6, 6.07) is 2.73. The van der Waals surface area contributed by atoms with Gasteiger partial charge in [-0.1, -0.05) is 6.92 Å². The van der Waals surface area contributed by atoms with Crippen LogP contribution in [0.3, 0.4) is 0 Å². The Bertz CT molecular complexity index is 674. The first kappa shape index (κ1) is 17.1. The Morgan fingerprint density at radius 3 is 2.50 bits per heavy atom. The molecule has 0 atom stereocenters. The summed E-state index contributed by atoms with van der Waals surface area (Å²) >= 11 is 0.851. The van der Waals surface area contributed by atoms with Crippen molar-refractivity contribution in [1.29, 1.82) is 0 Å². The number of aliphatic carboxylic acids is 1. The van der Waals surface area contributed by atoms with Gasteiger partial charge in [0.05, 0.1) is 12.2 Å². The molecule has 0 fully saturated rings. The van der Waals surface area contributed by atoms with Gasteiger partial charge in [0.25, 0.3) is 0 Å². The van der Waals surface area contributed by atoms with E-state index in [0.717, 1.165) is 11.3 Å². The standard InChI is InChI=1S/C10H15NO6S3/c1-2-19(14,15)6-5-11-20(16,17)10-4-3-8(18-10)7-9(12)13/h3-4,11H,2,5-7H2,1H3,(H,12,13). The molecule has 1 rings (SSSR count). The third kappa shape index (κ3) is 5.19. The quantitative estimate of drug-likeness (QED) is 0.692. The van der Waals surface area contributed by atoms with Crippen molar-refractivity contribution >= 4 is 37.2 Å². The van der Waals surface area contributed by atoms with E-state index < -0.39 is 25.8 Å². The molecular formula is C10H15NO6S3. The van der Waals surface area contributed by atoms with Gasteiger partial charge in [0.2, 0.25) is 10.0 Å². The van der Waals surface area contributed by atoms with E-state index in [0.29, 0.717) is 4.88 Å². The number of carboxylic acids is 1. The monoisotopic (exact) mass is 341 g/mol. The predicted octanol–water partition coefficient (Wildman–Crippen LogP) is 0.0882. The number of thiophene rings is 1. The average Bonchev–Trinajstić information content (AvgIpc) is 2.77. The zero-order chi connectivity index (χ0) is 15.4. The maximum absolute atomic E-state index is 11.9. The second-order valence-electron chi connectivity index (χ2n) is 3.93. The van der Waals surface area contributed by atoms with E-state index in [9.17, 15) is 21.6 Å². The summed E-state index contributed by atoms with van der Waals surface area (Å²) in [4.78, 5) is 10.9. The van der Waals surface area contributed by atoms with Crippen LogP contribution in [-0.4, -0.2) is 46.0 Å². The first-order valence-corrected chi connectivity index (χ1v) is 9.79. The Morgan fingerprint density at radius 1 is 1.30 bits per heavy atom. The Labute approximate surface area is 121 Å². The van der Waals surface area contributed by atoms with Crippen molar-refractivity contribution < 1.29 is 26.7 Å². The van der Waals surface area contributed by atoms with Gasteiger partial charge in [0.1, 0.15) is 4.21 Å². The summed E-state index contributed by atoms with van der Waals surface area (Å²) in [5.41, 5.74) is 0. The highest BCUT2D eigenvalue weighted by atomic mass is 32.2. The molecule has 0 aliphatic heterocycles. The maximum Gasteiger partial charge on any atom is 0.308 e. The van der Waals surface area contributed by atoms with Crippen molar-refractivity contribution in [3.63, 3.8) is 0 Å². The second kappa shape index (κ2) is 6.66. The fraction of sp³-hybridized carbons (Fsp3) is 0.500. The van der Waals surface area contributed by atoms with Crippen LogP contribution in [0.1, 0.15) is 11.8 Å². The maximum atomic E-state index is 11.9. The third-order valence-electron chi connectivity index (χ3n) is 2.37. The number of sulfonamides is 1. The highest BCUT2D eigenvalue weighted by molar-refractivity contribution is 7.92. The molecule has 1 aromatic heterocycles. The predicted molar refractivity (Wildman–Crippen MR) is 75.2 cm³/mol. The lowest BCUT2D eigenvalue weighted by molar-refractivity contribution is -0.136. The van der Waals surface area contributed by atoms with Crippen LogP contribution in [0.4, 0.5) is 0 Å². The summed E-state index contributed by atoms with van der Waals surface area (Å²) in [5, 5.41) is 8.61. The molecule has 0 radical (unpaired) electrons. The lowest BCUT2D eigenvalue weighted by Crippen LogP contribution is -2.29. The summed E-state index contributed by atoms with van der Waals surface area (Å²) in [7, 11) is -7.03. The van der Waals surface area contributed by atoms with Crippen molar-refractivity contribution in [3.8, 4) is 0 Å². The summed E-state index contributed by atoms with van der Waals surface area (Å²) in [5.74, 6) is -1.36. The zero-order valence-corrected chi connectivity index (χ0v) is 13.1. The highest BCUT2D eigenvalue weighted by Crippen LogP contribution is 2.21. The number of hydrogen-bond acceptors (Lipinski definition) is 6. The lowest BCUT2D eigenvalue weighted by Gasteiger charge is -2.04. The van der Waals surface area contributed by atoms with Crippen LogP contribution < -0.4 is 4.72 Å². The molecule has 0 aliphatic rings. The summed E-state index contributed by atoms with van der Waals surface area (Å²) in [6.45, 7) is 1.28. The largest absolute Gasteiger partial charge is 0.481 e. The van der Waals surface area contributed by atoms with E-state index in [1.54, 1.807) is 0 Å². The first-order chi connectivity index (χ1) is 9.16. The van der Waals surface area contributed by atoms with Gasteiger partial charge in [-0.2, -0.15) is 0 Å². The van der Waals surface area contributed by atoms with Crippen molar-refractivity contribution in [3.05, 3.63) is 17.0 Å². The molecule has 1 aromatic rings. The normalized spacial score (nSPS) is 12.4. The Kier molecular flexibility index (Phi) is 5.68. The fourth-order valence-corrected chi connectivity index (χ4v) is 4.55. The van der Waals surface area contributed by atoms with Gasteiger partial charge in [-0.15, -0.1) is 11.3 Å². The lowest BCUT2D eigenvalue weighted by atomic mass is 10.3. The fourth-order valence-electron chi connectivity index (χ4n) is 1.29. The van der Waals surface area contributed by atoms with Gasteiger partial charge in [-0.3, -0.25) is 4.79 Å². The van der Waals surface area contributed by atoms with Crippen LogP contribution in [0.5, 0.6) is 0 Å².